The Balaban J connectivity index is 2.12. The summed E-state index contributed by atoms with van der Waals surface area (Å²) in [6, 6.07) is 2.08. The Morgan fingerprint density at radius 1 is 1.57 bits per heavy atom. The van der Waals surface area contributed by atoms with Crippen LogP contribution in [0.2, 0.25) is 0 Å². The monoisotopic (exact) mass is 254 g/mol. The first-order valence-electron chi connectivity index (χ1n) is 5.15. The second kappa shape index (κ2) is 4.30. The summed E-state index contributed by atoms with van der Waals surface area (Å²) in [6.07, 6.45) is 6.53. The van der Waals surface area contributed by atoms with Crippen LogP contribution in [-0.4, -0.2) is 18.1 Å². The summed E-state index contributed by atoms with van der Waals surface area (Å²) in [5, 5.41) is 0. The van der Waals surface area contributed by atoms with Gasteiger partial charge in [-0.1, -0.05) is 0 Å². The van der Waals surface area contributed by atoms with Crippen LogP contribution in [0.3, 0.4) is 0 Å². The Labute approximate surface area is 93.5 Å². The number of nitrogens with zero attached hydrogens (tertiary/aromatic N) is 2. The van der Waals surface area contributed by atoms with Crippen LogP contribution in [0, 0.1) is 5.92 Å². The van der Waals surface area contributed by atoms with Gasteiger partial charge in [0.25, 0.3) is 0 Å². The van der Waals surface area contributed by atoms with Crippen molar-refractivity contribution in [3.05, 3.63) is 22.9 Å². The van der Waals surface area contributed by atoms with E-state index in [-0.39, 0.29) is 0 Å². The molecule has 1 aromatic heterocycles. The first-order valence-corrected chi connectivity index (χ1v) is 5.95. The minimum absolute atomic E-state index is 0.926. The van der Waals surface area contributed by atoms with Gasteiger partial charge in [0.1, 0.15) is 0 Å². The number of hydrogen-bond donors (Lipinski definition) is 0. The minimum Gasteiger partial charge on any atom is -0.371 e. The fraction of sp³-hybridized carbons (Fsp3) is 0.545. The Morgan fingerprint density at radius 2 is 2.36 bits per heavy atom. The first kappa shape index (κ1) is 9.97. The van der Waals surface area contributed by atoms with Crippen LogP contribution in [0.4, 0.5) is 5.69 Å². The number of rotatable bonds is 4. The number of anilines is 1. The van der Waals surface area contributed by atoms with Crippen molar-refractivity contribution in [3.63, 3.8) is 0 Å². The van der Waals surface area contributed by atoms with Crippen molar-refractivity contribution >= 4 is 21.6 Å². The number of pyridine rings is 1. The van der Waals surface area contributed by atoms with Crippen molar-refractivity contribution in [2.24, 2.45) is 5.92 Å². The van der Waals surface area contributed by atoms with Crippen molar-refractivity contribution in [2.75, 3.05) is 18.0 Å². The number of hydrogen-bond acceptors (Lipinski definition) is 2. The van der Waals surface area contributed by atoms with Gasteiger partial charge in [0.2, 0.25) is 0 Å². The molecule has 0 saturated heterocycles. The molecule has 0 N–H and O–H groups in total. The lowest BCUT2D eigenvalue weighted by atomic mass is 10.3. The lowest BCUT2D eigenvalue weighted by molar-refractivity contribution is 0.740. The fourth-order valence-corrected chi connectivity index (χ4v) is 2.14. The molecule has 76 valence electrons. The molecule has 1 heterocycles. The third-order valence-electron chi connectivity index (χ3n) is 2.65. The zero-order valence-corrected chi connectivity index (χ0v) is 10.00. The van der Waals surface area contributed by atoms with Gasteiger partial charge < -0.3 is 4.90 Å². The molecule has 1 aliphatic carbocycles. The van der Waals surface area contributed by atoms with Gasteiger partial charge in [-0.25, -0.2) is 0 Å². The molecular formula is C11H15BrN2. The maximum Gasteiger partial charge on any atom is 0.0592 e. The number of halogens is 1. The molecule has 2 rings (SSSR count). The summed E-state index contributed by atoms with van der Waals surface area (Å²) in [5.41, 5.74) is 1.27. The quantitative estimate of drug-likeness (QED) is 0.821. The van der Waals surface area contributed by atoms with Gasteiger partial charge in [-0.15, -0.1) is 0 Å². The van der Waals surface area contributed by atoms with Crippen molar-refractivity contribution < 1.29 is 0 Å². The van der Waals surface area contributed by atoms with Crippen LogP contribution in [-0.2, 0) is 0 Å². The van der Waals surface area contributed by atoms with E-state index in [1.807, 2.05) is 12.4 Å². The molecule has 1 aromatic rings. The summed E-state index contributed by atoms with van der Waals surface area (Å²) >= 11 is 3.54. The van der Waals surface area contributed by atoms with Gasteiger partial charge in [-0.2, -0.15) is 0 Å². The molecule has 0 aromatic carbocycles. The van der Waals surface area contributed by atoms with Crippen LogP contribution in [0.25, 0.3) is 0 Å². The van der Waals surface area contributed by atoms with Gasteiger partial charge in [0.15, 0.2) is 0 Å². The summed E-state index contributed by atoms with van der Waals surface area (Å²) in [6.45, 7) is 4.47. The molecular weight excluding hydrogens is 240 g/mol. The molecule has 0 amide bonds. The predicted molar refractivity (Wildman–Crippen MR) is 62.5 cm³/mol. The first-order chi connectivity index (χ1) is 6.81. The predicted octanol–water partition coefficient (Wildman–Crippen LogP) is 3.08. The normalized spacial score (nSPS) is 15.6. The van der Waals surface area contributed by atoms with Crippen LogP contribution in [0.1, 0.15) is 19.8 Å². The maximum absolute atomic E-state index is 4.08. The molecule has 0 bridgehead atoms. The Hall–Kier alpha value is -0.570. The lowest BCUT2D eigenvalue weighted by Gasteiger charge is -2.23. The highest BCUT2D eigenvalue weighted by Crippen LogP contribution is 2.33. The highest BCUT2D eigenvalue weighted by Gasteiger charge is 2.24. The lowest BCUT2D eigenvalue weighted by Crippen LogP contribution is -2.25. The molecule has 1 aliphatic rings. The third kappa shape index (κ3) is 2.27. The molecule has 0 atom stereocenters. The standard InChI is InChI=1S/C11H15BrN2/c1-2-14(8-9-3-4-9)11-5-6-13-7-10(11)12/h5-7,9H,2-4,8H2,1H3. The largest absolute Gasteiger partial charge is 0.371 e. The van der Waals surface area contributed by atoms with Crippen molar-refractivity contribution in [2.45, 2.75) is 19.8 Å². The zero-order valence-electron chi connectivity index (χ0n) is 8.41. The summed E-state index contributed by atoms with van der Waals surface area (Å²) in [4.78, 5) is 6.50. The van der Waals surface area contributed by atoms with Crippen LogP contribution >= 0.6 is 15.9 Å². The Kier molecular flexibility index (Phi) is 3.06. The van der Waals surface area contributed by atoms with E-state index in [1.54, 1.807) is 0 Å². The van der Waals surface area contributed by atoms with E-state index in [0.717, 1.165) is 16.9 Å². The average Bonchev–Trinajstić information content (AvgIpc) is 2.99. The molecule has 2 nitrogen and oxygen atoms in total. The molecule has 0 aliphatic heterocycles. The van der Waals surface area contributed by atoms with Crippen molar-refractivity contribution in [3.8, 4) is 0 Å². The SMILES string of the molecule is CCN(CC1CC1)c1ccncc1Br. The zero-order chi connectivity index (χ0) is 9.97. The molecule has 3 heteroatoms. The van der Waals surface area contributed by atoms with Gasteiger partial charge in [-0.05, 0) is 47.7 Å². The number of aromatic nitrogens is 1. The van der Waals surface area contributed by atoms with Crippen molar-refractivity contribution in [1.29, 1.82) is 0 Å². The highest BCUT2D eigenvalue weighted by atomic mass is 79.9. The van der Waals surface area contributed by atoms with E-state index in [4.69, 9.17) is 0 Å². The molecule has 0 unspecified atom stereocenters. The topological polar surface area (TPSA) is 16.1 Å². The molecule has 1 saturated carbocycles. The van der Waals surface area contributed by atoms with Crippen LogP contribution in [0.5, 0.6) is 0 Å². The second-order valence-electron chi connectivity index (χ2n) is 3.81. The van der Waals surface area contributed by atoms with Gasteiger partial charge in [0, 0.05) is 25.5 Å². The summed E-state index contributed by atoms with van der Waals surface area (Å²) in [7, 11) is 0. The van der Waals surface area contributed by atoms with Gasteiger partial charge in [0.05, 0.1) is 10.2 Å². The smallest absolute Gasteiger partial charge is 0.0592 e. The van der Waals surface area contributed by atoms with Crippen LogP contribution < -0.4 is 4.90 Å². The summed E-state index contributed by atoms with van der Waals surface area (Å²) < 4.78 is 1.10. The van der Waals surface area contributed by atoms with Gasteiger partial charge in [-0.3, -0.25) is 4.98 Å². The van der Waals surface area contributed by atoms with E-state index in [0.29, 0.717) is 0 Å². The fourth-order valence-electron chi connectivity index (χ4n) is 1.63. The van der Waals surface area contributed by atoms with E-state index in [9.17, 15) is 0 Å². The third-order valence-corrected chi connectivity index (χ3v) is 3.26. The van der Waals surface area contributed by atoms with Crippen molar-refractivity contribution in [1.82, 2.24) is 4.98 Å². The van der Waals surface area contributed by atoms with E-state index < -0.39 is 0 Å². The molecule has 14 heavy (non-hydrogen) atoms. The molecule has 0 spiro atoms. The maximum atomic E-state index is 4.08. The summed E-state index contributed by atoms with van der Waals surface area (Å²) in [5.74, 6) is 0.926. The minimum atomic E-state index is 0.926. The highest BCUT2D eigenvalue weighted by molar-refractivity contribution is 9.10. The van der Waals surface area contributed by atoms with Gasteiger partial charge >= 0.3 is 0 Å². The van der Waals surface area contributed by atoms with E-state index in [2.05, 4.69) is 38.8 Å². The molecule has 1 fully saturated rings. The average molecular weight is 255 g/mol. The Bertz CT molecular complexity index is 310. The second-order valence-corrected chi connectivity index (χ2v) is 4.66. The van der Waals surface area contributed by atoms with E-state index in [1.165, 1.54) is 25.1 Å². The Morgan fingerprint density at radius 3 is 2.93 bits per heavy atom. The van der Waals surface area contributed by atoms with Crippen LogP contribution in [0.15, 0.2) is 22.9 Å². The van der Waals surface area contributed by atoms with E-state index >= 15 is 0 Å². The molecule has 0 radical (unpaired) electrons.